The van der Waals surface area contributed by atoms with E-state index in [0.29, 0.717) is 5.69 Å². The maximum absolute atomic E-state index is 11.1. The van der Waals surface area contributed by atoms with E-state index in [1.807, 2.05) is 19.1 Å². The highest BCUT2D eigenvalue weighted by atomic mass is 16.6. The van der Waals surface area contributed by atoms with Gasteiger partial charge in [-0.05, 0) is 18.6 Å². The summed E-state index contributed by atoms with van der Waals surface area (Å²) in [5, 5.41) is 15.0. The van der Waals surface area contributed by atoms with Crippen molar-refractivity contribution in [1.29, 1.82) is 0 Å². The lowest BCUT2D eigenvalue weighted by Gasteiger charge is -2.10. The van der Waals surface area contributed by atoms with Crippen LogP contribution < -0.4 is 0 Å². The summed E-state index contributed by atoms with van der Waals surface area (Å²) in [6, 6.07) is 3.63. The molecule has 0 fully saturated rings. The van der Waals surface area contributed by atoms with Crippen LogP contribution >= 0.6 is 0 Å². The predicted octanol–water partition coefficient (Wildman–Crippen LogP) is 3.07. The van der Waals surface area contributed by atoms with Crippen molar-refractivity contribution in [1.82, 2.24) is 14.8 Å². The van der Waals surface area contributed by atoms with Crippen molar-refractivity contribution in [3.63, 3.8) is 0 Å². The minimum Gasteiger partial charge on any atom is -0.261 e. The fourth-order valence-electron chi connectivity index (χ4n) is 2.13. The second-order valence-corrected chi connectivity index (χ2v) is 4.65. The van der Waals surface area contributed by atoms with Gasteiger partial charge in [0.15, 0.2) is 0 Å². The van der Waals surface area contributed by atoms with Crippen LogP contribution in [0.25, 0.3) is 11.3 Å². The Kier molecular flexibility index (Phi) is 3.93. The summed E-state index contributed by atoms with van der Waals surface area (Å²) < 4.78 is 1.51. The highest BCUT2D eigenvalue weighted by molar-refractivity contribution is 5.69. The first-order valence-electron chi connectivity index (χ1n) is 6.28. The van der Waals surface area contributed by atoms with Crippen LogP contribution in [0.2, 0.25) is 0 Å². The van der Waals surface area contributed by atoms with Crippen LogP contribution in [0.1, 0.15) is 25.0 Å². The highest BCUT2D eigenvalue weighted by Crippen LogP contribution is 2.30. The minimum atomic E-state index is -0.421. The van der Waals surface area contributed by atoms with E-state index in [2.05, 4.69) is 16.7 Å². The molecule has 0 aliphatic heterocycles. The molecule has 0 aliphatic rings. The van der Waals surface area contributed by atoms with E-state index in [1.54, 1.807) is 19.3 Å². The number of aromatic nitrogens is 3. The molecule has 0 aliphatic carbocycles. The third-order valence-electron chi connectivity index (χ3n) is 3.20. The Balaban J connectivity index is 2.48. The molecule has 6 heteroatoms. The summed E-state index contributed by atoms with van der Waals surface area (Å²) in [7, 11) is 1.69. The Morgan fingerprint density at radius 3 is 3.00 bits per heavy atom. The number of nitrogens with zero attached hydrogens (tertiary/aromatic N) is 4. The number of hydrogen-bond acceptors (Lipinski definition) is 4. The quantitative estimate of drug-likeness (QED) is 0.476. The molecule has 2 aromatic heterocycles. The van der Waals surface area contributed by atoms with Gasteiger partial charge in [0.25, 0.3) is 0 Å². The summed E-state index contributed by atoms with van der Waals surface area (Å²) in [6.07, 6.45) is 5.58. The van der Waals surface area contributed by atoms with Gasteiger partial charge in [0.2, 0.25) is 0 Å². The van der Waals surface area contributed by atoms with E-state index < -0.39 is 4.92 Å². The highest BCUT2D eigenvalue weighted by Gasteiger charge is 2.21. The first-order valence-corrected chi connectivity index (χ1v) is 6.28. The van der Waals surface area contributed by atoms with Gasteiger partial charge in [-0.2, -0.15) is 5.10 Å². The van der Waals surface area contributed by atoms with Crippen molar-refractivity contribution in [2.75, 3.05) is 0 Å². The van der Waals surface area contributed by atoms with E-state index >= 15 is 0 Å². The molecule has 0 N–H and O–H groups in total. The number of rotatable bonds is 5. The van der Waals surface area contributed by atoms with Crippen LogP contribution in [0.5, 0.6) is 0 Å². The van der Waals surface area contributed by atoms with Gasteiger partial charge >= 0.3 is 5.69 Å². The molecule has 0 radical (unpaired) electrons. The lowest BCUT2D eigenvalue weighted by Crippen LogP contribution is -2.00. The number of hydrogen-bond donors (Lipinski definition) is 0. The molecular weight excluding hydrogens is 256 g/mol. The second kappa shape index (κ2) is 5.64. The van der Waals surface area contributed by atoms with Gasteiger partial charge in [-0.15, -0.1) is 6.58 Å². The third-order valence-corrected chi connectivity index (χ3v) is 3.20. The summed E-state index contributed by atoms with van der Waals surface area (Å²) >= 11 is 0. The smallest absolute Gasteiger partial charge is 0.261 e. The number of pyridine rings is 1. The number of allylic oxidation sites excluding steroid dienone is 1. The van der Waals surface area contributed by atoms with Crippen LogP contribution in [-0.2, 0) is 7.05 Å². The zero-order valence-electron chi connectivity index (χ0n) is 11.5. The van der Waals surface area contributed by atoms with Gasteiger partial charge in [-0.3, -0.25) is 19.8 Å². The first kappa shape index (κ1) is 13.9. The van der Waals surface area contributed by atoms with Gasteiger partial charge in [0.05, 0.1) is 4.92 Å². The molecule has 0 saturated carbocycles. The Hall–Kier alpha value is -2.50. The number of aryl methyl sites for hydroxylation is 1. The molecule has 0 aromatic carbocycles. The third kappa shape index (κ3) is 2.59. The largest absolute Gasteiger partial charge is 0.314 e. The minimum absolute atomic E-state index is 0.000948. The SMILES string of the molecule is C=CCC(C)c1cc(-c2c([N+](=O)[O-])cnn2C)ccn1. The van der Waals surface area contributed by atoms with Gasteiger partial charge in [0.1, 0.15) is 11.9 Å². The van der Waals surface area contributed by atoms with Gasteiger partial charge in [-0.25, -0.2) is 0 Å². The monoisotopic (exact) mass is 272 g/mol. The molecule has 2 rings (SSSR count). The number of nitro groups is 1. The lowest BCUT2D eigenvalue weighted by molar-refractivity contribution is -0.384. The molecule has 104 valence electrons. The molecule has 0 amide bonds. The molecule has 2 heterocycles. The van der Waals surface area contributed by atoms with Crippen molar-refractivity contribution in [2.24, 2.45) is 7.05 Å². The molecular formula is C14H16N4O2. The fourth-order valence-corrected chi connectivity index (χ4v) is 2.13. The maximum atomic E-state index is 11.1. The second-order valence-electron chi connectivity index (χ2n) is 4.65. The van der Waals surface area contributed by atoms with Gasteiger partial charge in [0, 0.05) is 30.4 Å². The van der Waals surface area contributed by atoms with Gasteiger partial charge in [-0.1, -0.05) is 13.0 Å². The average molecular weight is 272 g/mol. The van der Waals surface area contributed by atoms with E-state index in [1.165, 1.54) is 10.9 Å². The summed E-state index contributed by atoms with van der Waals surface area (Å²) in [4.78, 5) is 15.0. The summed E-state index contributed by atoms with van der Waals surface area (Å²) in [6.45, 7) is 5.77. The zero-order valence-corrected chi connectivity index (χ0v) is 11.5. The fraction of sp³-hybridized carbons (Fsp3) is 0.286. The van der Waals surface area contributed by atoms with Crippen LogP contribution in [0.3, 0.4) is 0 Å². The zero-order chi connectivity index (χ0) is 14.7. The molecule has 2 aromatic rings. The summed E-state index contributed by atoms with van der Waals surface area (Å²) in [5.74, 6) is 0.222. The molecule has 20 heavy (non-hydrogen) atoms. The molecule has 6 nitrogen and oxygen atoms in total. The Morgan fingerprint density at radius 2 is 2.35 bits per heavy atom. The maximum Gasteiger partial charge on any atom is 0.314 e. The Bertz CT molecular complexity index is 648. The molecule has 1 atom stereocenters. The van der Waals surface area contributed by atoms with Gasteiger partial charge < -0.3 is 0 Å². The van der Waals surface area contributed by atoms with Crippen molar-refractivity contribution in [2.45, 2.75) is 19.3 Å². The topological polar surface area (TPSA) is 73.8 Å². The van der Waals surface area contributed by atoms with E-state index in [9.17, 15) is 10.1 Å². The van der Waals surface area contributed by atoms with E-state index in [4.69, 9.17) is 0 Å². The molecule has 1 unspecified atom stereocenters. The molecule has 0 saturated heterocycles. The van der Waals surface area contributed by atoms with Crippen molar-refractivity contribution in [3.05, 3.63) is 53.0 Å². The normalized spacial score (nSPS) is 12.1. The first-order chi connectivity index (χ1) is 9.54. The van der Waals surface area contributed by atoms with E-state index in [0.717, 1.165) is 17.7 Å². The van der Waals surface area contributed by atoms with E-state index in [-0.39, 0.29) is 11.6 Å². The average Bonchev–Trinajstić information content (AvgIpc) is 2.81. The van der Waals surface area contributed by atoms with Crippen LogP contribution in [0.15, 0.2) is 37.2 Å². The predicted molar refractivity (Wildman–Crippen MR) is 76.3 cm³/mol. The standard InChI is InChI=1S/C14H16N4O2/c1-4-5-10(2)12-8-11(6-7-15-12)14-13(18(19)20)9-16-17(14)3/h4,6-10H,1,5H2,2-3H3. The van der Waals surface area contributed by atoms with Crippen LogP contribution in [0.4, 0.5) is 5.69 Å². The molecule has 0 bridgehead atoms. The van der Waals surface area contributed by atoms with Crippen molar-refractivity contribution in [3.8, 4) is 11.3 Å². The Labute approximate surface area is 116 Å². The lowest BCUT2D eigenvalue weighted by atomic mass is 10.0. The Morgan fingerprint density at radius 1 is 1.60 bits per heavy atom. The molecule has 0 spiro atoms. The van der Waals surface area contributed by atoms with Crippen molar-refractivity contribution >= 4 is 5.69 Å². The van der Waals surface area contributed by atoms with Crippen LogP contribution in [-0.4, -0.2) is 19.7 Å². The van der Waals surface area contributed by atoms with Crippen molar-refractivity contribution < 1.29 is 4.92 Å². The van der Waals surface area contributed by atoms with Crippen LogP contribution in [0, 0.1) is 10.1 Å². The summed E-state index contributed by atoms with van der Waals surface area (Å²) in [5.41, 5.74) is 2.13.